The standard InChI is InChI=1S/C16H22N2O3.ClH/c1-20-14-6-2-12(3-7-14)11-18(13-4-5-13)16(19)15-10-17-8-9-21-15;/h2-3,6-7,13,15,17H,4-5,8-11H2,1H3;1H. The zero-order valence-corrected chi connectivity index (χ0v) is 13.6. The predicted octanol–water partition coefficient (Wildman–Crippen LogP) is 1.60. The van der Waals surface area contributed by atoms with E-state index in [-0.39, 0.29) is 24.4 Å². The van der Waals surface area contributed by atoms with E-state index in [0.29, 0.717) is 25.7 Å². The molecule has 0 radical (unpaired) electrons. The van der Waals surface area contributed by atoms with Gasteiger partial charge in [-0.2, -0.15) is 0 Å². The van der Waals surface area contributed by atoms with Crippen LogP contribution in [0.5, 0.6) is 5.75 Å². The normalized spacial score (nSPS) is 20.9. The summed E-state index contributed by atoms with van der Waals surface area (Å²) >= 11 is 0. The predicted molar refractivity (Wildman–Crippen MR) is 86.4 cm³/mol. The van der Waals surface area contributed by atoms with Crippen LogP contribution in [0.25, 0.3) is 0 Å². The highest BCUT2D eigenvalue weighted by molar-refractivity contribution is 5.85. The van der Waals surface area contributed by atoms with Crippen LogP contribution in [0.1, 0.15) is 18.4 Å². The summed E-state index contributed by atoms with van der Waals surface area (Å²) in [6.45, 7) is 2.70. The molecule has 1 saturated carbocycles. The van der Waals surface area contributed by atoms with E-state index in [1.54, 1.807) is 7.11 Å². The molecule has 1 aliphatic heterocycles. The number of amides is 1. The van der Waals surface area contributed by atoms with Crippen LogP contribution in [0.2, 0.25) is 0 Å². The lowest BCUT2D eigenvalue weighted by atomic mass is 10.1. The summed E-state index contributed by atoms with van der Waals surface area (Å²) in [4.78, 5) is 14.6. The number of benzene rings is 1. The fourth-order valence-corrected chi connectivity index (χ4v) is 2.61. The molecule has 3 rings (SSSR count). The van der Waals surface area contributed by atoms with Gasteiger partial charge in [-0.3, -0.25) is 4.79 Å². The van der Waals surface area contributed by atoms with Crippen LogP contribution in [0.15, 0.2) is 24.3 Å². The number of nitrogens with one attached hydrogen (secondary N) is 1. The van der Waals surface area contributed by atoms with Crippen molar-refractivity contribution in [1.29, 1.82) is 0 Å². The fourth-order valence-electron chi connectivity index (χ4n) is 2.61. The maximum atomic E-state index is 12.6. The van der Waals surface area contributed by atoms with Gasteiger partial charge in [0.25, 0.3) is 5.91 Å². The Bertz CT molecular complexity index is 485. The number of morpholine rings is 1. The van der Waals surface area contributed by atoms with Gasteiger partial charge in [-0.05, 0) is 30.5 Å². The Hall–Kier alpha value is -1.30. The van der Waals surface area contributed by atoms with Gasteiger partial charge in [0.2, 0.25) is 0 Å². The van der Waals surface area contributed by atoms with Gasteiger partial charge in [0.05, 0.1) is 13.7 Å². The summed E-state index contributed by atoms with van der Waals surface area (Å²) in [5.41, 5.74) is 1.12. The SMILES string of the molecule is COc1ccc(CN(C(=O)C2CNCCO2)C2CC2)cc1.Cl. The van der Waals surface area contributed by atoms with Crippen LogP contribution >= 0.6 is 12.4 Å². The largest absolute Gasteiger partial charge is 0.497 e. The lowest BCUT2D eigenvalue weighted by Crippen LogP contribution is -2.49. The molecule has 2 fully saturated rings. The van der Waals surface area contributed by atoms with E-state index in [0.717, 1.165) is 30.7 Å². The highest BCUT2D eigenvalue weighted by atomic mass is 35.5. The maximum absolute atomic E-state index is 12.6. The van der Waals surface area contributed by atoms with Crippen LogP contribution in [0.3, 0.4) is 0 Å². The van der Waals surface area contributed by atoms with E-state index < -0.39 is 0 Å². The number of methoxy groups -OCH3 is 1. The number of carbonyl (C=O) groups excluding carboxylic acids is 1. The molecular formula is C16H23ClN2O3. The first-order valence-electron chi connectivity index (χ1n) is 7.53. The van der Waals surface area contributed by atoms with Gasteiger partial charge >= 0.3 is 0 Å². The third-order valence-electron chi connectivity index (χ3n) is 3.99. The minimum absolute atomic E-state index is 0. The van der Waals surface area contributed by atoms with Crippen LogP contribution in [-0.2, 0) is 16.1 Å². The van der Waals surface area contributed by atoms with E-state index in [4.69, 9.17) is 9.47 Å². The highest BCUT2D eigenvalue weighted by Crippen LogP contribution is 2.29. The first kappa shape index (κ1) is 17.1. The number of ether oxygens (including phenoxy) is 2. The molecule has 1 aliphatic carbocycles. The fraction of sp³-hybridized carbons (Fsp3) is 0.562. The zero-order chi connectivity index (χ0) is 14.7. The van der Waals surface area contributed by atoms with E-state index in [1.807, 2.05) is 29.2 Å². The summed E-state index contributed by atoms with van der Waals surface area (Å²) in [5, 5.41) is 3.22. The van der Waals surface area contributed by atoms with Gasteiger partial charge in [0.1, 0.15) is 11.9 Å². The van der Waals surface area contributed by atoms with E-state index >= 15 is 0 Å². The molecular weight excluding hydrogens is 304 g/mol. The molecule has 1 heterocycles. The maximum Gasteiger partial charge on any atom is 0.253 e. The molecule has 1 saturated heterocycles. The molecule has 2 aliphatic rings. The highest BCUT2D eigenvalue weighted by Gasteiger charge is 2.36. The molecule has 1 amide bonds. The van der Waals surface area contributed by atoms with Crippen LogP contribution in [-0.4, -0.2) is 49.8 Å². The van der Waals surface area contributed by atoms with Crippen molar-refractivity contribution < 1.29 is 14.3 Å². The van der Waals surface area contributed by atoms with Crippen molar-refractivity contribution >= 4 is 18.3 Å². The summed E-state index contributed by atoms with van der Waals surface area (Å²) in [6.07, 6.45) is 1.86. The third kappa shape index (κ3) is 4.12. The summed E-state index contributed by atoms with van der Waals surface area (Å²) in [6, 6.07) is 8.28. The van der Waals surface area contributed by atoms with Gasteiger partial charge in [0, 0.05) is 25.7 Å². The molecule has 1 aromatic rings. The average molecular weight is 327 g/mol. The molecule has 122 valence electrons. The Kier molecular flexibility index (Phi) is 6.06. The smallest absolute Gasteiger partial charge is 0.253 e. The Labute approximate surface area is 137 Å². The summed E-state index contributed by atoms with van der Waals surface area (Å²) in [7, 11) is 1.66. The van der Waals surface area contributed by atoms with Crippen molar-refractivity contribution in [3.8, 4) is 5.75 Å². The molecule has 22 heavy (non-hydrogen) atoms. The second-order valence-corrected chi connectivity index (χ2v) is 5.61. The van der Waals surface area contributed by atoms with Crippen molar-refractivity contribution in [3.05, 3.63) is 29.8 Å². The number of hydrogen-bond acceptors (Lipinski definition) is 4. The van der Waals surface area contributed by atoms with Gasteiger partial charge < -0.3 is 19.7 Å². The molecule has 1 N–H and O–H groups in total. The lowest BCUT2D eigenvalue weighted by molar-refractivity contribution is -0.146. The lowest BCUT2D eigenvalue weighted by Gasteiger charge is -2.30. The summed E-state index contributed by atoms with van der Waals surface area (Å²) in [5.74, 6) is 0.948. The van der Waals surface area contributed by atoms with Crippen molar-refractivity contribution in [2.75, 3.05) is 26.8 Å². The number of rotatable bonds is 5. The van der Waals surface area contributed by atoms with E-state index in [1.165, 1.54) is 0 Å². The Morgan fingerprint density at radius 2 is 2.09 bits per heavy atom. The Morgan fingerprint density at radius 1 is 1.36 bits per heavy atom. The molecule has 1 unspecified atom stereocenters. The summed E-state index contributed by atoms with van der Waals surface area (Å²) < 4.78 is 10.8. The Balaban J connectivity index is 0.00000176. The molecule has 0 spiro atoms. The number of hydrogen-bond donors (Lipinski definition) is 1. The van der Waals surface area contributed by atoms with Gasteiger partial charge in [-0.25, -0.2) is 0 Å². The quantitative estimate of drug-likeness (QED) is 0.893. The van der Waals surface area contributed by atoms with Crippen molar-refractivity contribution in [1.82, 2.24) is 10.2 Å². The first-order valence-corrected chi connectivity index (χ1v) is 7.53. The molecule has 0 aromatic heterocycles. The molecule has 1 atom stereocenters. The number of halogens is 1. The molecule has 0 bridgehead atoms. The van der Waals surface area contributed by atoms with Crippen molar-refractivity contribution in [2.24, 2.45) is 0 Å². The number of carbonyl (C=O) groups is 1. The Morgan fingerprint density at radius 3 is 2.64 bits per heavy atom. The van der Waals surface area contributed by atoms with Crippen molar-refractivity contribution in [2.45, 2.75) is 31.5 Å². The minimum atomic E-state index is -0.336. The zero-order valence-electron chi connectivity index (χ0n) is 12.8. The molecule has 5 nitrogen and oxygen atoms in total. The van der Waals surface area contributed by atoms with Crippen molar-refractivity contribution in [3.63, 3.8) is 0 Å². The first-order chi connectivity index (χ1) is 10.3. The number of nitrogens with zero attached hydrogens (tertiary/aromatic N) is 1. The van der Waals surface area contributed by atoms with E-state index in [2.05, 4.69) is 5.32 Å². The van der Waals surface area contributed by atoms with Gasteiger partial charge in [0.15, 0.2) is 0 Å². The van der Waals surface area contributed by atoms with E-state index in [9.17, 15) is 4.79 Å². The second-order valence-electron chi connectivity index (χ2n) is 5.61. The van der Waals surface area contributed by atoms with Crippen LogP contribution in [0, 0.1) is 0 Å². The van der Waals surface area contributed by atoms with Crippen LogP contribution in [0.4, 0.5) is 0 Å². The topological polar surface area (TPSA) is 50.8 Å². The molecule has 6 heteroatoms. The average Bonchev–Trinajstić information content (AvgIpc) is 3.38. The van der Waals surface area contributed by atoms with Crippen LogP contribution < -0.4 is 10.1 Å². The molecule has 1 aromatic carbocycles. The van der Waals surface area contributed by atoms with Gasteiger partial charge in [-0.15, -0.1) is 12.4 Å². The second kappa shape index (κ2) is 7.81. The monoisotopic (exact) mass is 326 g/mol. The third-order valence-corrected chi connectivity index (χ3v) is 3.99. The van der Waals surface area contributed by atoms with Gasteiger partial charge in [-0.1, -0.05) is 12.1 Å². The minimum Gasteiger partial charge on any atom is -0.497 e.